The van der Waals surface area contributed by atoms with Gasteiger partial charge in [-0.15, -0.1) is 0 Å². The molecule has 0 fully saturated rings. The van der Waals surface area contributed by atoms with E-state index in [0.717, 1.165) is 41.8 Å². The van der Waals surface area contributed by atoms with Gasteiger partial charge in [0.2, 0.25) is 0 Å². The van der Waals surface area contributed by atoms with E-state index in [4.69, 9.17) is 4.74 Å². The summed E-state index contributed by atoms with van der Waals surface area (Å²) >= 11 is 0. The van der Waals surface area contributed by atoms with Gasteiger partial charge in [0, 0.05) is 16.9 Å². The normalized spacial score (nSPS) is 10.5. The number of carbonyl (C=O) groups is 2. The van der Waals surface area contributed by atoms with Gasteiger partial charge < -0.3 is 15.4 Å². The fraction of sp³-hybridized carbons (Fsp3) is 0.259. The highest BCUT2D eigenvalue weighted by molar-refractivity contribution is 6.04. The van der Waals surface area contributed by atoms with Crippen molar-refractivity contribution < 1.29 is 14.3 Å². The molecule has 0 aliphatic carbocycles. The van der Waals surface area contributed by atoms with Crippen LogP contribution in [-0.2, 0) is 11.2 Å². The van der Waals surface area contributed by atoms with Crippen LogP contribution in [0, 0.1) is 13.8 Å². The number of anilines is 2. The number of unbranched alkanes of at least 4 members (excludes halogenated alkanes) is 1. The van der Waals surface area contributed by atoms with E-state index in [1.807, 2.05) is 56.3 Å². The Morgan fingerprint density at radius 1 is 0.875 bits per heavy atom. The molecular weight excluding hydrogens is 400 g/mol. The SMILES string of the molecule is CCCCc1ccc(NC(=O)COc2ccc(C(=O)Nc3cccc(C)c3C)cc2)cc1. The molecule has 0 aromatic heterocycles. The molecule has 0 atom stereocenters. The van der Waals surface area contributed by atoms with Crippen LogP contribution in [0.3, 0.4) is 0 Å². The largest absolute Gasteiger partial charge is 0.484 e. The lowest BCUT2D eigenvalue weighted by atomic mass is 10.1. The molecule has 5 nitrogen and oxygen atoms in total. The molecule has 0 saturated heterocycles. The summed E-state index contributed by atoms with van der Waals surface area (Å²) in [6.07, 6.45) is 3.37. The molecule has 2 amide bonds. The van der Waals surface area contributed by atoms with Crippen molar-refractivity contribution in [3.8, 4) is 5.75 Å². The van der Waals surface area contributed by atoms with Crippen molar-refractivity contribution in [2.24, 2.45) is 0 Å². The lowest BCUT2D eigenvalue weighted by Gasteiger charge is -2.11. The number of aryl methyl sites for hydroxylation is 2. The maximum atomic E-state index is 12.5. The number of carbonyl (C=O) groups excluding carboxylic acids is 2. The van der Waals surface area contributed by atoms with E-state index < -0.39 is 0 Å². The van der Waals surface area contributed by atoms with Gasteiger partial charge in [0.15, 0.2) is 6.61 Å². The average molecular weight is 431 g/mol. The van der Waals surface area contributed by atoms with E-state index in [1.165, 1.54) is 5.56 Å². The summed E-state index contributed by atoms with van der Waals surface area (Å²) in [4.78, 5) is 24.7. The molecule has 0 spiro atoms. The molecule has 5 heteroatoms. The molecule has 0 aliphatic rings. The number of nitrogens with one attached hydrogen (secondary N) is 2. The Labute approximate surface area is 189 Å². The Hall–Kier alpha value is -3.60. The minimum Gasteiger partial charge on any atom is -0.484 e. The van der Waals surface area contributed by atoms with E-state index in [2.05, 4.69) is 17.6 Å². The first-order chi connectivity index (χ1) is 15.5. The third-order valence-corrected chi connectivity index (χ3v) is 5.40. The third-order valence-electron chi connectivity index (χ3n) is 5.40. The van der Waals surface area contributed by atoms with Gasteiger partial charge in [-0.1, -0.05) is 37.6 Å². The zero-order valence-electron chi connectivity index (χ0n) is 18.9. The van der Waals surface area contributed by atoms with Crippen LogP contribution in [0.4, 0.5) is 11.4 Å². The number of hydrogen-bond donors (Lipinski definition) is 2. The summed E-state index contributed by atoms with van der Waals surface area (Å²) in [5.41, 5.74) is 5.50. The molecule has 0 radical (unpaired) electrons. The van der Waals surface area contributed by atoms with E-state index >= 15 is 0 Å². The molecule has 2 N–H and O–H groups in total. The van der Waals surface area contributed by atoms with Crippen LogP contribution < -0.4 is 15.4 Å². The first-order valence-corrected chi connectivity index (χ1v) is 11.0. The van der Waals surface area contributed by atoms with Crippen molar-refractivity contribution >= 4 is 23.2 Å². The Kier molecular flexibility index (Phi) is 8.03. The third kappa shape index (κ3) is 6.45. The smallest absolute Gasteiger partial charge is 0.262 e. The molecule has 0 bridgehead atoms. The fourth-order valence-corrected chi connectivity index (χ4v) is 3.27. The van der Waals surface area contributed by atoms with Crippen LogP contribution in [0.2, 0.25) is 0 Å². The van der Waals surface area contributed by atoms with Gasteiger partial charge in [-0.05, 0) is 85.8 Å². The minimum atomic E-state index is -0.233. The highest BCUT2D eigenvalue weighted by Gasteiger charge is 2.10. The van der Waals surface area contributed by atoms with Crippen molar-refractivity contribution in [3.05, 3.63) is 89.0 Å². The summed E-state index contributed by atoms with van der Waals surface area (Å²) in [5.74, 6) is 0.103. The summed E-state index contributed by atoms with van der Waals surface area (Å²) in [5, 5.41) is 5.77. The fourth-order valence-electron chi connectivity index (χ4n) is 3.27. The van der Waals surface area contributed by atoms with E-state index in [9.17, 15) is 9.59 Å². The number of benzene rings is 3. The van der Waals surface area contributed by atoms with Crippen LogP contribution in [-0.4, -0.2) is 18.4 Å². The van der Waals surface area contributed by atoms with Crippen molar-refractivity contribution in [2.45, 2.75) is 40.0 Å². The Morgan fingerprint density at radius 2 is 1.59 bits per heavy atom. The second kappa shape index (κ2) is 11.1. The first-order valence-electron chi connectivity index (χ1n) is 11.0. The Morgan fingerprint density at radius 3 is 2.28 bits per heavy atom. The van der Waals surface area contributed by atoms with E-state index in [0.29, 0.717) is 11.3 Å². The molecule has 32 heavy (non-hydrogen) atoms. The zero-order valence-corrected chi connectivity index (χ0v) is 18.9. The second-order valence-electron chi connectivity index (χ2n) is 7.86. The van der Waals surface area contributed by atoms with Gasteiger partial charge in [-0.25, -0.2) is 0 Å². The molecule has 3 aromatic carbocycles. The predicted molar refractivity (Wildman–Crippen MR) is 129 cm³/mol. The topological polar surface area (TPSA) is 67.4 Å². The van der Waals surface area contributed by atoms with E-state index in [-0.39, 0.29) is 18.4 Å². The molecule has 0 saturated carbocycles. The molecule has 0 heterocycles. The summed E-state index contributed by atoms with van der Waals surface area (Å²) in [7, 11) is 0. The number of hydrogen-bond acceptors (Lipinski definition) is 3. The molecule has 0 unspecified atom stereocenters. The van der Waals surface area contributed by atoms with Crippen molar-refractivity contribution in [3.63, 3.8) is 0 Å². The maximum Gasteiger partial charge on any atom is 0.262 e. The van der Waals surface area contributed by atoms with Gasteiger partial charge in [0.1, 0.15) is 5.75 Å². The van der Waals surface area contributed by atoms with Gasteiger partial charge in [-0.2, -0.15) is 0 Å². The van der Waals surface area contributed by atoms with Crippen molar-refractivity contribution in [2.75, 3.05) is 17.2 Å². The molecule has 3 aromatic rings. The predicted octanol–water partition coefficient (Wildman–Crippen LogP) is 5.92. The van der Waals surface area contributed by atoms with E-state index in [1.54, 1.807) is 24.3 Å². The first kappa shape index (κ1) is 23.1. The minimum absolute atomic E-state index is 0.106. The number of rotatable bonds is 9. The Bertz CT molecular complexity index is 1060. The quantitative estimate of drug-likeness (QED) is 0.443. The standard InChI is InChI=1S/C27H30N2O3/c1-4-5-8-21-10-14-23(15-11-21)28-26(30)18-32-24-16-12-22(13-17-24)27(31)29-25-9-6-7-19(2)20(25)3/h6-7,9-17H,4-5,8,18H2,1-3H3,(H,28,30)(H,29,31). The van der Waals surface area contributed by atoms with Crippen LogP contribution in [0.25, 0.3) is 0 Å². The summed E-state index contributed by atoms with van der Waals surface area (Å²) in [6, 6.07) is 20.4. The molecule has 166 valence electrons. The highest BCUT2D eigenvalue weighted by atomic mass is 16.5. The highest BCUT2D eigenvalue weighted by Crippen LogP contribution is 2.20. The van der Waals surface area contributed by atoms with Crippen molar-refractivity contribution in [1.29, 1.82) is 0 Å². The lowest BCUT2D eigenvalue weighted by molar-refractivity contribution is -0.118. The van der Waals surface area contributed by atoms with Crippen LogP contribution >= 0.6 is 0 Å². The van der Waals surface area contributed by atoms with Crippen molar-refractivity contribution in [1.82, 2.24) is 0 Å². The molecule has 3 rings (SSSR count). The zero-order chi connectivity index (χ0) is 22.9. The number of ether oxygens (including phenoxy) is 1. The second-order valence-corrected chi connectivity index (χ2v) is 7.86. The van der Waals surface area contributed by atoms with Crippen LogP contribution in [0.15, 0.2) is 66.7 Å². The summed E-state index contributed by atoms with van der Waals surface area (Å²) in [6.45, 7) is 6.05. The monoisotopic (exact) mass is 430 g/mol. The average Bonchev–Trinajstić information content (AvgIpc) is 2.80. The van der Waals surface area contributed by atoms with Gasteiger partial charge >= 0.3 is 0 Å². The molecular formula is C27H30N2O3. The lowest BCUT2D eigenvalue weighted by Crippen LogP contribution is -2.20. The van der Waals surface area contributed by atoms with Crippen LogP contribution in [0.5, 0.6) is 5.75 Å². The van der Waals surface area contributed by atoms with Gasteiger partial charge in [0.25, 0.3) is 11.8 Å². The summed E-state index contributed by atoms with van der Waals surface area (Å²) < 4.78 is 5.56. The van der Waals surface area contributed by atoms with Crippen LogP contribution in [0.1, 0.15) is 46.8 Å². The molecule has 0 aliphatic heterocycles. The number of amides is 2. The maximum absolute atomic E-state index is 12.5. The van der Waals surface area contributed by atoms with Gasteiger partial charge in [0.05, 0.1) is 0 Å². The van der Waals surface area contributed by atoms with Gasteiger partial charge in [-0.3, -0.25) is 9.59 Å². The Balaban J connectivity index is 1.49.